The highest BCUT2D eigenvalue weighted by Gasteiger charge is 2.62. The Morgan fingerprint density at radius 2 is 0.973 bits per heavy atom. The largest absolute Gasteiger partial charge is 0.477 e. The van der Waals surface area contributed by atoms with Crippen LogP contribution in [0.25, 0.3) is 0 Å². The molecule has 426 valence electrons. The Hall–Kier alpha value is -3.61. The van der Waals surface area contributed by atoms with Crippen LogP contribution in [0, 0.1) is 0 Å². The van der Waals surface area contributed by atoms with Crippen LogP contribution in [0.4, 0.5) is 0 Å². The number of rotatable bonds is 21. The van der Waals surface area contributed by atoms with Crippen molar-refractivity contribution in [1.82, 2.24) is 10.6 Å². The molecule has 0 aliphatic carbocycles. The molecule has 34 nitrogen and oxygen atoms in total. The molecular weight excluding hydrogens is 1020 g/mol. The highest BCUT2D eigenvalue weighted by molar-refractivity contribution is 5.77. The third-order valence-electron chi connectivity index (χ3n) is 13.0. The third-order valence-corrected chi connectivity index (χ3v) is 13.0. The Balaban J connectivity index is 1.39. The summed E-state index contributed by atoms with van der Waals surface area (Å²) in [6, 6.07) is -3.16. The van der Waals surface area contributed by atoms with Crippen LogP contribution >= 0.6 is 0 Å². The Morgan fingerprint density at radius 3 is 1.47 bits per heavy atom. The van der Waals surface area contributed by atoms with Gasteiger partial charge in [0.25, 0.3) is 17.4 Å². The molecule has 34 heteroatoms. The summed E-state index contributed by atoms with van der Waals surface area (Å²) in [6.07, 6.45) is -45.5. The van der Waals surface area contributed by atoms with Crippen LogP contribution in [-0.4, -0.2) is 307 Å². The van der Waals surface area contributed by atoms with E-state index in [0.29, 0.717) is 0 Å². The fourth-order valence-electron chi connectivity index (χ4n) is 8.97. The molecule has 5 heterocycles. The second-order valence-corrected chi connectivity index (χ2v) is 18.3. The number of nitrogens with one attached hydrogen (secondary N) is 2. The van der Waals surface area contributed by atoms with E-state index in [4.69, 9.17) is 42.6 Å². The van der Waals surface area contributed by atoms with Crippen LogP contribution in [0.3, 0.4) is 0 Å². The summed E-state index contributed by atoms with van der Waals surface area (Å²) >= 11 is 0. The summed E-state index contributed by atoms with van der Waals surface area (Å²) in [5, 5.41) is 195. The van der Waals surface area contributed by atoms with Gasteiger partial charge in [0.05, 0.1) is 51.3 Å². The first-order valence-electron chi connectivity index (χ1n) is 22.7. The predicted molar refractivity (Wildman–Crippen MR) is 223 cm³/mol. The Kier molecular flexibility index (Phi) is 20.5. The van der Waals surface area contributed by atoms with Gasteiger partial charge in [0.15, 0.2) is 12.6 Å². The van der Waals surface area contributed by atoms with Gasteiger partial charge in [-0.3, -0.25) is 9.59 Å². The second kappa shape index (κ2) is 24.8. The van der Waals surface area contributed by atoms with Crippen molar-refractivity contribution in [2.45, 2.75) is 185 Å². The highest BCUT2D eigenvalue weighted by atomic mass is 16.8. The predicted octanol–water partition coefficient (Wildman–Crippen LogP) is -12.1. The zero-order chi connectivity index (χ0) is 55.5. The molecule has 2 amide bonds. The number of carbonyl (C=O) groups is 5. The minimum Gasteiger partial charge on any atom is -0.477 e. The van der Waals surface area contributed by atoms with E-state index in [1.165, 1.54) is 0 Å². The van der Waals surface area contributed by atoms with Gasteiger partial charge in [0.1, 0.15) is 104 Å². The first-order chi connectivity index (χ1) is 34.5. The van der Waals surface area contributed by atoms with Crippen molar-refractivity contribution >= 4 is 29.7 Å². The highest BCUT2D eigenvalue weighted by Crippen LogP contribution is 2.41. The molecule has 74 heavy (non-hydrogen) atoms. The number of carboxylic acids is 3. The number of hydrogen-bond donors (Lipinski definition) is 20. The molecule has 0 aromatic carbocycles. The lowest BCUT2D eigenvalue weighted by molar-refractivity contribution is -0.380. The standard InChI is InChI=1S/C40H64N2O32/c1-11(45)41-21-28(57)25(54)19(69-33(21)59)9-66-34-22(42-12(2)46)29(58)26(55)20(70-34)10-68-39(36(62)63)5-18(27(56)31(73-39)16(50)7-44)71-40(37(64)65)4-14(48)24(53)32(74-40)17(51)8-67-38(35(60)61)3-13(47)23(52)30(72-38)15(49)6-43/h13-34,43-44,47-59H,3-10H2,1-2H3,(H,41,45)(H,42,46)(H,60,61)(H,62,63)(H,64,65)/t13-,14-,15-,16-,17-,18-,19-,20-,21-,22-,23-,24-,25-,26-,27-,28-,29-,30-,31-,32-,33?,34-,38-,39-,40-/m1/s1. The molecule has 5 aliphatic heterocycles. The zero-order valence-electron chi connectivity index (χ0n) is 39.1. The van der Waals surface area contributed by atoms with Crippen molar-refractivity contribution in [3.8, 4) is 0 Å². The van der Waals surface area contributed by atoms with Crippen molar-refractivity contribution in [2.75, 3.05) is 33.0 Å². The Labute approximate surface area is 416 Å². The average molecular weight is 1080 g/mol. The lowest BCUT2D eigenvalue weighted by atomic mass is 9.89. The SMILES string of the molecule is CC(=O)N[C@H]1[C@H](OC[C@H]2OC(O)[C@H](NC(C)=O)[C@@H](O)[C@@H]2O)O[C@H](CO[C@]2(C(=O)O)C[C@@H](O[C@]3(C(=O)O)C[C@@H](O)[C@@H](O)[C@@H]([C@H](O)CO[C@]4(C(=O)O)C[C@@H](O)[C@@H](O)[C@@H]([C@H](O)CO)O4)O3)[C@@H](O)[C@@H]([C@H](O)CO)O2)[C@@H](O)[C@@H]1O. The van der Waals surface area contributed by atoms with Gasteiger partial charge in [-0.05, 0) is 0 Å². The molecule has 5 aliphatic rings. The van der Waals surface area contributed by atoms with Crippen LogP contribution < -0.4 is 10.6 Å². The maximum absolute atomic E-state index is 13.2. The Morgan fingerprint density at radius 1 is 0.541 bits per heavy atom. The van der Waals surface area contributed by atoms with Crippen molar-refractivity contribution in [3.05, 3.63) is 0 Å². The summed E-state index contributed by atoms with van der Waals surface area (Å²) < 4.78 is 49.5. The number of ether oxygens (including phenoxy) is 9. The molecule has 25 atom stereocenters. The molecule has 0 saturated carbocycles. The van der Waals surface area contributed by atoms with Crippen LogP contribution in [0.5, 0.6) is 0 Å². The van der Waals surface area contributed by atoms with Crippen molar-refractivity contribution in [1.29, 1.82) is 0 Å². The molecule has 0 aromatic heterocycles. The van der Waals surface area contributed by atoms with Crippen molar-refractivity contribution in [3.63, 3.8) is 0 Å². The maximum atomic E-state index is 13.2. The first kappa shape index (κ1) is 61.2. The molecule has 0 spiro atoms. The monoisotopic (exact) mass is 1080 g/mol. The molecule has 5 saturated heterocycles. The topological polar surface area (TPSA) is 557 Å². The fraction of sp³-hybridized carbons (Fsp3) is 0.875. The molecule has 0 bridgehead atoms. The van der Waals surface area contributed by atoms with E-state index in [1.54, 1.807) is 0 Å². The van der Waals surface area contributed by atoms with Gasteiger partial charge in [0, 0.05) is 33.1 Å². The molecule has 1 unspecified atom stereocenters. The van der Waals surface area contributed by atoms with Crippen LogP contribution in [0.15, 0.2) is 0 Å². The van der Waals surface area contributed by atoms with Gasteiger partial charge in [0.2, 0.25) is 11.8 Å². The van der Waals surface area contributed by atoms with Gasteiger partial charge < -0.3 is 145 Å². The van der Waals surface area contributed by atoms with Gasteiger partial charge in [-0.15, -0.1) is 0 Å². The zero-order valence-corrected chi connectivity index (χ0v) is 39.1. The quantitative estimate of drug-likeness (QED) is 0.0507. The number of aliphatic hydroxyl groups is 15. The molecule has 5 fully saturated rings. The minimum absolute atomic E-state index is 0.706. The number of amides is 2. The maximum Gasteiger partial charge on any atom is 0.364 e. The molecular formula is C40H64N2O32. The van der Waals surface area contributed by atoms with Crippen LogP contribution in [0.2, 0.25) is 0 Å². The average Bonchev–Trinajstić information content (AvgIpc) is 3.33. The number of carbonyl (C=O) groups excluding carboxylic acids is 2. The van der Waals surface area contributed by atoms with E-state index >= 15 is 0 Å². The van der Waals surface area contributed by atoms with E-state index in [0.717, 1.165) is 13.8 Å². The molecule has 0 aromatic rings. The van der Waals surface area contributed by atoms with E-state index in [1.807, 2.05) is 0 Å². The van der Waals surface area contributed by atoms with Gasteiger partial charge in [-0.25, -0.2) is 14.4 Å². The summed E-state index contributed by atoms with van der Waals surface area (Å²) in [5.41, 5.74) is 0. The number of carboxylic acid groups (broad SMARTS) is 3. The first-order valence-corrected chi connectivity index (χ1v) is 22.7. The lowest BCUT2D eigenvalue weighted by Gasteiger charge is -2.50. The number of hydrogen-bond acceptors (Lipinski definition) is 29. The van der Waals surface area contributed by atoms with Crippen molar-refractivity contribution < 1.29 is 159 Å². The van der Waals surface area contributed by atoms with E-state index in [-0.39, 0.29) is 0 Å². The minimum atomic E-state index is -3.36. The molecule has 20 N–H and O–H groups in total. The van der Waals surface area contributed by atoms with E-state index in [9.17, 15) is 116 Å². The molecule has 5 rings (SSSR count). The normalized spacial score (nSPS) is 44.1. The van der Waals surface area contributed by atoms with E-state index < -0.39 is 234 Å². The van der Waals surface area contributed by atoms with Gasteiger partial charge in [-0.2, -0.15) is 0 Å². The fourth-order valence-corrected chi connectivity index (χ4v) is 8.97. The number of aliphatic hydroxyl groups excluding tert-OH is 15. The third kappa shape index (κ3) is 13.0. The number of aliphatic carboxylic acids is 3. The van der Waals surface area contributed by atoms with Gasteiger partial charge >= 0.3 is 17.9 Å². The summed E-state index contributed by atoms with van der Waals surface area (Å²) in [4.78, 5) is 62.4. The summed E-state index contributed by atoms with van der Waals surface area (Å²) in [6.45, 7) is -3.70. The van der Waals surface area contributed by atoms with Crippen LogP contribution in [-0.2, 0) is 66.6 Å². The summed E-state index contributed by atoms with van der Waals surface area (Å²) in [5.74, 6) is -17.5. The van der Waals surface area contributed by atoms with Gasteiger partial charge in [-0.1, -0.05) is 0 Å². The van der Waals surface area contributed by atoms with E-state index in [2.05, 4.69) is 10.6 Å². The second-order valence-electron chi connectivity index (χ2n) is 18.3. The molecule has 0 radical (unpaired) electrons. The van der Waals surface area contributed by atoms with Crippen molar-refractivity contribution in [2.24, 2.45) is 0 Å². The summed E-state index contributed by atoms with van der Waals surface area (Å²) in [7, 11) is 0. The lowest BCUT2D eigenvalue weighted by Crippen LogP contribution is -2.69. The van der Waals surface area contributed by atoms with Crippen LogP contribution in [0.1, 0.15) is 33.1 Å². The smallest absolute Gasteiger partial charge is 0.364 e. The Bertz CT molecular complexity index is 1940.